The summed E-state index contributed by atoms with van der Waals surface area (Å²) in [6.07, 6.45) is 5.67. The van der Waals surface area contributed by atoms with E-state index in [-0.39, 0.29) is 6.04 Å². The van der Waals surface area contributed by atoms with Crippen molar-refractivity contribution in [2.24, 2.45) is 0 Å². The second-order valence-corrected chi connectivity index (χ2v) is 4.06. The lowest BCUT2D eigenvalue weighted by molar-refractivity contribution is -0.113. The van der Waals surface area contributed by atoms with Crippen LogP contribution in [0.5, 0.6) is 0 Å². The van der Waals surface area contributed by atoms with E-state index in [9.17, 15) is 5.21 Å². The van der Waals surface area contributed by atoms with E-state index in [0.717, 1.165) is 12.8 Å². The molecule has 1 N–H and O–H groups in total. The van der Waals surface area contributed by atoms with Crippen LogP contribution in [0.15, 0.2) is 49.1 Å². The molecule has 2 rings (SSSR count). The standard InChI is InChI=1S/C14H17NO/c1-2-6-14-11-13(9-10-15(14)16)12-7-4-3-5-8-12/h2-5,7-8,11,14,16H,1,6,9-10H2. The fourth-order valence-corrected chi connectivity index (χ4v) is 2.06. The minimum absolute atomic E-state index is 0.0708. The van der Waals surface area contributed by atoms with Crippen molar-refractivity contribution >= 4 is 5.57 Å². The minimum Gasteiger partial charge on any atom is -0.313 e. The van der Waals surface area contributed by atoms with Crippen LogP contribution in [0.4, 0.5) is 0 Å². The van der Waals surface area contributed by atoms with E-state index >= 15 is 0 Å². The molecule has 0 saturated carbocycles. The smallest absolute Gasteiger partial charge is 0.0570 e. The lowest BCUT2D eigenvalue weighted by atomic mass is 9.96. The third-order valence-electron chi connectivity index (χ3n) is 2.94. The van der Waals surface area contributed by atoms with Gasteiger partial charge in [-0.3, -0.25) is 0 Å². The quantitative estimate of drug-likeness (QED) is 0.783. The highest BCUT2D eigenvalue weighted by Crippen LogP contribution is 2.25. The zero-order valence-electron chi connectivity index (χ0n) is 9.34. The average Bonchev–Trinajstić information content (AvgIpc) is 2.33. The third kappa shape index (κ3) is 2.40. The second kappa shape index (κ2) is 5.10. The first-order valence-corrected chi connectivity index (χ1v) is 5.64. The van der Waals surface area contributed by atoms with Gasteiger partial charge in [0.05, 0.1) is 6.04 Å². The first kappa shape index (κ1) is 11.1. The predicted octanol–water partition coefficient (Wildman–Crippen LogP) is 3.11. The van der Waals surface area contributed by atoms with E-state index in [2.05, 4.69) is 24.8 Å². The Morgan fingerprint density at radius 3 is 2.81 bits per heavy atom. The molecule has 16 heavy (non-hydrogen) atoms. The van der Waals surface area contributed by atoms with Crippen molar-refractivity contribution in [2.45, 2.75) is 18.9 Å². The average molecular weight is 215 g/mol. The Morgan fingerprint density at radius 2 is 2.12 bits per heavy atom. The Morgan fingerprint density at radius 1 is 1.38 bits per heavy atom. The largest absolute Gasteiger partial charge is 0.313 e. The Kier molecular flexibility index (Phi) is 3.54. The molecule has 1 aliphatic heterocycles. The highest BCUT2D eigenvalue weighted by atomic mass is 16.5. The van der Waals surface area contributed by atoms with E-state index in [1.807, 2.05) is 24.3 Å². The van der Waals surface area contributed by atoms with Crippen LogP contribution in [0.1, 0.15) is 18.4 Å². The first-order valence-electron chi connectivity index (χ1n) is 5.64. The minimum atomic E-state index is 0.0708. The van der Waals surface area contributed by atoms with Crippen molar-refractivity contribution in [3.8, 4) is 0 Å². The van der Waals surface area contributed by atoms with Crippen molar-refractivity contribution in [1.29, 1.82) is 0 Å². The Labute approximate surface area is 96.5 Å². The zero-order valence-corrected chi connectivity index (χ0v) is 9.34. The molecular weight excluding hydrogens is 198 g/mol. The normalized spacial score (nSPS) is 21.6. The summed E-state index contributed by atoms with van der Waals surface area (Å²) in [5, 5.41) is 11.1. The molecule has 1 aromatic carbocycles. The Hall–Kier alpha value is -1.38. The highest BCUT2D eigenvalue weighted by molar-refractivity contribution is 5.66. The molecular formula is C14H17NO. The van der Waals surface area contributed by atoms with Crippen molar-refractivity contribution < 1.29 is 5.21 Å². The molecule has 0 fully saturated rings. The summed E-state index contributed by atoms with van der Waals surface area (Å²) in [6.45, 7) is 4.41. The number of rotatable bonds is 3. The molecule has 2 heteroatoms. The van der Waals surface area contributed by atoms with Gasteiger partial charge in [0.25, 0.3) is 0 Å². The maximum Gasteiger partial charge on any atom is 0.0570 e. The molecule has 0 aliphatic carbocycles. The molecule has 2 nitrogen and oxygen atoms in total. The van der Waals surface area contributed by atoms with Crippen LogP contribution in [0.2, 0.25) is 0 Å². The van der Waals surface area contributed by atoms with Gasteiger partial charge in [-0.15, -0.1) is 6.58 Å². The van der Waals surface area contributed by atoms with Crippen LogP contribution >= 0.6 is 0 Å². The monoisotopic (exact) mass is 215 g/mol. The second-order valence-electron chi connectivity index (χ2n) is 4.06. The molecule has 84 valence electrons. The van der Waals surface area contributed by atoms with E-state index in [1.54, 1.807) is 0 Å². The molecule has 1 aliphatic rings. The van der Waals surface area contributed by atoms with Crippen LogP contribution in [0.3, 0.4) is 0 Å². The molecule has 0 amide bonds. The molecule has 0 aromatic heterocycles. The lowest BCUT2D eigenvalue weighted by Crippen LogP contribution is -2.34. The number of benzene rings is 1. The number of nitrogens with zero attached hydrogens (tertiary/aromatic N) is 1. The summed E-state index contributed by atoms with van der Waals surface area (Å²) in [7, 11) is 0. The van der Waals surface area contributed by atoms with Crippen molar-refractivity contribution in [2.75, 3.05) is 6.54 Å². The van der Waals surface area contributed by atoms with Gasteiger partial charge in [-0.2, -0.15) is 5.06 Å². The van der Waals surface area contributed by atoms with E-state index in [4.69, 9.17) is 0 Å². The SMILES string of the molecule is C=CCC1C=C(c2ccccc2)CCN1O. The van der Waals surface area contributed by atoms with Crippen LogP contribution < -0.4 is 0 Å². The summed E-state index contributed by atoms with van der Waals surface area (Å²) in [6, 6.07) is 10.4. The van der Waals surface area contributed by atoms with Gasteiger partial charge in [-0.1, -0.05) is 42.5 Å². The molecule has 0 bridgehead atoms. The van der Waals surface area contributed by atoms with Crippen LogP contribution in [-0.4, -0.2) is 22.9 Å². The van der Waals surface area contributed by atoms with Crippen LogP contribution in [0.25, 0.3) is 5.57 Å². The molecule has 1 heterocycles. The van der Waals surface area contributed by atoms with Gasteiger partial charge in [-0.05, 0) is 24.0 Å². The van der Waals surface area contributed by atoms with Gasteiger partial charge in [0.1, 0.15) is 0 Å². The van der Waals surface area contributed by atoms with Gasteiger partial charge in [0.2, 0.25) is 0 Å². The van der Waals surface area contributed by atoms with Gasteiger partial charge >= 0.3 is 0 Å². The van der Waals surface area contributed by atoms with E-state index < -0.39 is 0 Å². The number of hydroxylamine groups is 2. The summed E-state index contributed by atoms with van der Waals surface area (Å²) >= 11 is 0. The summed E-state index contributed by atoms with van der Waals surface area (Å²) < 4.78 is 0. The topological polar surface area (TPSA) is 23.5 Å². The van der Waals surface area contributed by atoms with Crippen molar-refractivity contribution in [3.63, 3.8) is 0 Å². The maximum absolute atomic E-state index is 9.71. The van der Waals surface area contributed by atoms with Gasteiger partial charge in [0, 0.05) is 6.54 Å². The summed E-state index contributed by atoms with van der Waals surface area (Å²) in [4.78, 5) is 0. The maximum atomic E-state index is 9.71. The molecule has 0 radical (unpaired) electrons. The molecule has 0 spiro atoms. The van der Waals surface area contributed by atoms with E-state index in [0.29, 0.717) is 6.54 Å². The van der Waals surface area contributed by atoms with Gasteiger partial charge in [0.15, 0.2) is 0 Å². The van der Waals surface area contributed by atoms with E-state index in [1.165, 1.54) is 16.2 Å². The van der Waals surface area contributed by atoms with Crippen LogP contribution in [0, 0.1) is 0 Å². The predicted molar refractivity (Wildman–Crippen MR) is 66.1 cm³/mol. The lowest BCUT2D eigenvalue weighted by Gasteiger charge is -2.28. The first-order chi connectivity index (χ1) is 7.81. The van der Waals surface area contributed by atoms with Crippen LogP contribution in [-0.2, 0) is 0 Å². The number of hydrogen-bond acceptors (Lipinski definition) is 2. The fourth-order valence-electron chi connectivity index (χ4n) is 2.06. The highest BCUT2D eigenvalue weighted by Gasteiger charge is 2.19. The summed E-state index contributed by atoms with van der Waals surface area (Å²) in [5.41, 5.74) is 2.57. The fraction of sp³-hybridized carbons (Fsp3) is 0.286. The van der Waals surface area contributed by atoms with Crippen molar-refractivity contribution in [3.05, 3.63) is 54.6 Å². The molecule has 0 saturated heterocycles. The Balaban J connectivity index is 2.22. The zero-order chi connectivity index (χ0) is 11.4. The van der Waals surface area contributed by atoms with Gasteiger partial charge in [-0.25, -0.2) is 0 Å². The third-order valence-corrected chi connectivity index (χ3v) is 2.94. The molecule has 1 aromatic rings. The van der Waals surface area contributed by atoms with Crippen molar-refractivity contribution in [1.82, 2.24) is 5.06 Å². The number of hydrogen-bond donors (Lipinski definition) is 1. The molecule has 1 unspecified atom stereocenters. The Bertz CT molecular complexity index is 383. The molecule has 1 atom stereocenters. The van der Waals surface area contributed by atoms with Gasteiger partial charge < -0.3 is 5.21 Å². The summed E-state index contributed by atoms with van der Waals surface area (Å²) in [5.74, 6) is 0.